The zero-order chi connectivity index (χ0) is 14.7. The van der Waals surface area contributed by atoms with Crippen molar-refractivity contribution in [1.82, 2.24) is 15.2 Å². The van der Waals surface area contributed by atoms with Crippen LogP contribution >= 0.6 is 11.3 Å². The van der Waals surface area contributed by atoms with E-state index < -0.39 is 0 Å². The van der Waals surface area contributed by atoms with Gasteiger partial charge in [0.1, 0.15) is 5.69 Å². The third-order valence-corrected chi connectivity index (χ3v) is 4.49. The van der Waals surface area contributed by atoms with Gasteiger partial charge in [0.2, 0.25) is 11.0 Å². The van der Waals surface area contributed by atoms with Crippen molar-refractivity contribution in [3.8, 4) is 10.7 Å². The Hall–Kier alpha value is -1.86. The van der Waals surface area contributed by atoms with Gasteiger partial charge in [0.05, 0.1) is 0 Å². The van der Waals surface area contributed by atoms with Crippen LogP contribution in [0, 0.1) is 5.92 Å². The zero-order valence-electron chi connectivity index (χ0n) is 11.5. The highest BCUT2D eigenvalue weighted by atomic mass is 32.1. The number of nitrogens with one attached hydrogen (secondary N) is 1. The average molecular weight is 303 g/mol. The fourth-order valence-corrected chi connectivity index (χ4v) is 3.26. The van der Waals surface area contributed by atoms with E-state index in [0.29, 0.717) is 10.1 Å². The highest BCUT2D eigenvalue weighted by molar-refractivity contribution is 7.18. The summed E-state index contributed by atoms with van der Waals surface area (Å²) >= 11 is 1.33. The van der Waals surface area contributed by atoms with Gasteiger partial charge in [-0.05, 0) is 31.4 Å². The first-order valence-corrected chi connectivity index (χ1v) is 7.85. The summed E-state index contributed by atoms with van der Waals surface area (Å²) in [6.45, 7) is 0. The molecule has 1 saturated carbocycles. The van der Waals surface area contributed by atoms with Crippen molar-refractivity contribution in [2.24, 2.45) is 11.7 Å². The van der Waals surface area contributed by atoms with E-state index in [1.54, 1.807) is 6.20 Å². The van der Waals surface area contributed by atoms with Crippen LogP contribution in [0.5, 0.6) is 0 Å². The molecule has 6 nitrogen and oxygen atoms in total. The molecular weight excluding hydrogens is 286 g/mol. The van der Waals surface area contributed by atoms with Crippen molar-refractivity contribution in [2.45, 2.75) is 31.7 Å². The lowest BCUT2D eigenvalue weighted by atomic mass is 9.86. The lowest BCUT2D eigenvalue weighted by molar-refractivity contribution is -0.120. The molecule has 0 radical (unpaired) electrons. The number of hydrogen-bond donors (Lipinski definition) is 2. The molecule has 1 fully saturated rings. The molecule has 110 valence electrons. The number of rotatable bonds is 3. The monoisotopic (exact) mass is 303 g/mol. The van der Waals surface area contributed by atoms with Crippen molar-refractivity contribution in [3.05, 3.63) is 24.4 Å². The largest absolute Gasteiger partial charge is 0.328 e. The minimum atomic E-state index is -0.0176. The standard InChI is InChI=1S/C14H17N5OS/c15-10-5-3-4-9(8-10)12(20)17-14-19-18-13(21-14)11-6-1-2-7-16-11/h1-2,6-7,9-10H,3-5,8,15H2,(H,17,19,20). The average Bonchev–Trinajstić information content (AvgIpc) is 2.97. The smallest absolute Gasteiger partial charge is 0.229 e. The molecule has 21 heavy (non-hydrogen) atoms. The van der Waals surface area contributed by atoms with Crippen molar-refractivity contribution < 1.29 is 4.79 Å². The van der Waals surface area contributed by atoms with Crippen LogP contribution in [0.1, 0.15) is 25.7 Å². The minimum Gasteiger partial charge on any atom is -0.328 e. The van der Waals surface area contributed by atoms with E-state index >= 15 is 0 Å². The molecule has 0 spiro atoms. The van der Waals surface area contributed by atoms with Crippen molar-refractivity contribution >= 4 is 22.4 Å². The highest BCUT2D eigenvalue weighted by Gasteiger charge is 2.26. The Morgan fingerprint density at radius 1 is 1.33 bits per heavy atom. The number of carbonyl (C=O) groups is 1. The van der Waals surface area contributed by atoms with Gasteiger partial charge in [-0.1, -0.05) is 23.8 Å². The molecule has 2 aromatic rings. The predicted molar refractivity (Wildman–Crippen MR) is 81.7 cm³/mol. The van der Waals surface area contributed by atoms with E-state index in [0.717, 1.165) is 31.4 Å². The lowest BCUT2D eigenvalue weighted by Crippen LogP contribution is -2.34. The summed E-state index contributed by atoms with van der Waals surface area (Å²) in [6, 6.07) is 5.74. The number of carbonyl (C=O) groups excluding carboxylic acids is 1. The maximum absolute atomic E-state index is 12.2. The Bertz CT molecular complexity index is 615. The van der Waals surface area contributed by atoms with Gasteiger partial charge in [-0.2, -0.15) is 0 Å². The van der Waals surface area contributed by atoms with Gasteiger partial charge in [0.25, 0.3) is 0 Å². The van der Waals surface area contributed by atoms with Crippen LogP contribution in [0.3, 0.4) is 0 Å². The molecule has 0 aromatic carbocycles. The summed E-state index contributed by atoms with van der Waals surface area (Å²) in [6.07, 6.45) is 5.36. The third-order valence-electron chi connectivity index (χ3n) is 3.62. The van der Waals surface area contributed by atoms with Crippen LogP contribution in [-0.2, 0) is 4.79 Å². The lowest BCUT2D eigenvalue weighted by Gasteiger charge is -2.25. The molecule has 1 amide bonds. The van der Waals surface area contributed by atoms with Crippen molar-refractivity contribution in [2.75, 3.05) is 5.32 Å². The molecule has 1 aliphatic rings. The van der Waals surface area contributed by atoms with Crippen LogP contribution in [0.15, 0.2) is 24.4 Å². The molecule has 2 heterocycles. The first kappa shape index (κ1) is 14.1. The van der Waals surface area contributed by atoms with Crippen LogP contribution < -0.4 is 11.1 Å². The maximum atomic E-state index is 12.2. The molecule has 7 heteroatoms. The molecule has 3 rings (SSSR count). The Balaban J connectivity index is 1.66. The SMILES string of the molecule is NC1CCCC(C(=O)Nc2nnc(-c3ccccn3)s2)C1. The van der Waals surface area contributed by atoms with Gasteiger partial charge in [-0.15, -0.1) is 10.2 Å². The minimum absolute atomic E-state index is 0.00568. The van der Waals surface area contributed by atoms with Crippen LogP contribution in [-0.4, -0.2) is 27.1 Å². The zero-order valence-corrected chi connectivity index (χ0v) is 12.3. The van der Waals surface area contributed by atoms with Crippen LogP contribution in [0.4, 0.5) is 5.13 Å². The number of amides is 1. The summed E-state index contributed by atoms with van der Waals surface area (Å²) in [7, 11) is 0. The van der Waals surface area contributed by atoms with Gasteiger partial charge >= 0.3 is 0 Å². The Morgan fingerprint density at radius 3 is 3.00 bits per heavy atom. The molecule has 3 N–H and O–H groups in total. The number of anilines is 1. The molecule has 1 aliphatic carbocycles. The maximum Gasteiger partial charge on any atom is 0.229 e. The van der Waals surface area contributed by atoms with Gasteiger partial charge < -0.3 is 11.1 Å². The summed E-state index contributed by atoms with van der Waals surface area (Å²) in [5, 5.41) is 12.1. The number of pyridine rings is 1. The van der Waals surface area contributed by atoms with Crippen molar-refractivity contribution in [3.63, 3.8) is 0 Å². The second kappa shape index (κ2) is 6.28. The Morgan fingerprint density at radius 2 is 2.24 bits per heavy atom. The van der Waals surface area contributed by atoms with E-state index in [9.17, 15) is 4.79 Å². The van der Waals surface area contributed by atoms with Gasteiger partial charge in [0.15, 0.2) is 5.01 Å². The van der Waals surface area contributed by atoms with Crippen molar-refractivity contribution in [1.29, 1.82) is 0 Å². The van der Waals surface area contributed by atoms with E-state index in [1.165, 1.54) is 11.3 Å². The normalized spacial score (nSPS) is 22.0. The fourth-order valence-electron chi connectivity index (χ4n) is 2.54. The molecule has 2 atom stereocenters. The van der Waals surface area contributed by atoms with Gasteiger partial charge in [0, 0.05) is 18.2 Å². The predicted octanol–water partition coefficient (Wildman–Crippen LogP) is 2.06. The third kappa shape index (κ3) is 3.43. The number of nitrogens with zero attached hydrogens (tertiary/aromatic N) is 3. The summed E-state index contributed by atoms with van der Waals surface area (Å²) in [5.74, 6) is -0.0233. The van der Waals surface area contributed by atoms with E-state index in [-0.39, 0.29) is 17.9 Å². The van der Waals surface area contributed by atoms with E-state index in [1.807, 2.05) is 18.2 Å². The van der Waals surface area contributed by atoms with Crippen LogP contribution in [0.2, 0.25) is 0 Å². The quantitative estimate of drug-likeness (QED) is 0.905. The first-order chi connectivity index (χ1) is 10.2. The molecular formula is C14H17N5OS. The fraction of sp³-hybridized carbons (Fsp3) is 0.429. The van der Waals surface area contributed by atoms with Crippen LogP contribution in [0.25, 0.3) is 10.7 Å². The highest BCUT2D eigenvalue weighted by Crippen LogP contribution is 2.27. The number of hydrogen-bond acceptors (Lipinski definition) is 6. The summed E-state index contributed by atoms with van der Waals surface area (Å²) < 4.78 is 0. The molecule has 2 aromatic heterocycles. The molecule has 0 aliphatic heterocycles. The molecule has 0 saturated heterocycles. The van der Waals surface area contributed by atoms with Gasteiger partial charge in [-0.25, -0.2) is 0 Å². The van der Waals surface area contributed by atoms with Gasteiger partial charge in [-0.3, -0.25) is 9.78 Å². The topological polar surface area (TPSA) is 93.8 Å². The summed E-state index contributed by atoms with van der Waals surface area (Å²) in [4.78, 5) is 16.4. The molecule has 2 unspecified atom stereocenters. The molecule has 0 bridgehead atoms. The summed E-state index contributed by atoms with van der Waals surface area (Å²) in [5.41, 5.74) is 6.68. The Kier molecular flexibility index (Phi) is 4.21. The number of aromatic nitrogens is 3. The second-order valence-electron chi connectivity index (χ2n) is 5.24. The second-order valence-corrected chi connectivity index (χ2v) is 6.22. The number of nitrogens with two attached hydrogens (primary N) is 1. The Labute approximate surface area is 126 Å². The van der Waals surface area contributed by atoms with E-state index in [4.69, 9.17) is 5.73 Å². The van der Waals surface area contributed by atoms with E-state index in [2.05, 4.69) is 20.5 Å². The first-order valence-electron chi connectivity index (χ1n) is 7.04.